The van der Waals surface area contributed by atoms with Gasteiger partial charge in [0.1, 0.15) is 11.8 Å². The molecule has 0 aromatic heterocycles. The average Bonchev–Trinajstić information content (AvgIpc) is 3.05. The molecule has 160 valence electrons. The van der Waals surface area contributed by atoms with E-state index < -0.39 is 23.2 Å². The van der Waals surface area contributed by atoms with Crippen molar-refractivity contribution in [2.24, 2.45) is 0 Å². The third-order valence-electron chi connectivity index (χ3n) is 4.38. The second-order valence-corrected chi connectivity index (χ2v) is 7.48. The van der Waals surface area contributed by atoms with Crippen molar-refractivity contribution in [2.75, 3.05) is 19.0 Å². The Morgan fingerprint density at radius 2 is 1.77 bits per heavy atom. The van der Waals surface area contributed by atoms with Gasteiger partial charge in [0.15, 0.2) is 6.61 Å². The summed E-state index contributed by atoms with van der Waals surface area (Å²) in [4.78, 5) is 49.8. The summed E-state index contributed by atoms with van der Waals surface area (Å²) in [5, 5.41) is 2.16. The molecular formula is C22H20N2O6S. The van der Waals surface area contributed by atoms with Crippen LogP contribution in [0.15, 0.2) is 59.5 Å². The summed E-state index contributed by atoms with van der Waals surface area (Å²) < 4.78 is 10.2. The Bertz CT molecular complexity index is 1040. The molecule has 9 heteroatoms. The standard InChI is InChI=1S/C22H20N2O6S/c1-14(21(27)29-2)24-20(26)18(31-22(24)28)12-15-8-6-7-11-17(15)30-13-19(25)23-16-9-4-3-5-10-16/h3-12,14H,13H2,1-2H3,(H,23,25)/b18-12+/t14-/m1/s1. The lowest BCUT2D eigenvalue weighted by Gasteiger charge is -2.18. The van der Waals surface area contributed by atoms with Crippen LogP contribution in [0.1, 0.15) is 12.5 Å². The third-order valence-corrected chi connectivity index (χ3v) is 5.26. The molecule has 0 radical (unpaired) electrons. The van der Waals surface area contributed by atoms with E-state index in [9.17, 15) is 19.2 Å². The SMILES string of the molecule is COC(=O)[C@@H](C)N1C(=O)S/C(=C/c2ccccc2OCC(=O)Nc2ccccc2)C1=O. The Morgan fingerprint density at radius 3 is 2.48 bits per heavy atom. The molecule has 31 heavy (non-hydrogen) atoms. The van der Waals surface area contributed by atoms with Crippen LogP contribution in [0, 0.1) is 0 Å². The van der Waals surface area contributed by atoms with Crippen LogP contribution >= 0.6 is 11.8 Å². The number of anilines is 1. The van der Waals surface area contributed by atoms with E-state index in [1.807, 2.05) is 6.07 Å². The van der Waals surface area contributed by atoms with E-state index in [4.69, 9.17) is 4.74 Å². The van der Waals surface area contributed by atoms with Gasteiger partial charge in [0.25, 0.3) is 17.1 Å². The number of esters is 1. The number of ether oxygens (including phenoxy) is 2. The molecule has 0 aliphatic carbocycles. The minimum absolute atomic E-state index is 0.144. The predicted molar refractivity (Wildman–Crippen MR) is 116 cm³/mol. The highest BCUT2D eigenvalue weighted by atomic mass is 32.2. The summed E-state index contributed by atoms with van der Waals surface area (Å²) in [6, 6.07) is 14.8. The molecule has 1 fully saturated rings. The normalized spacial score (nSPS) is 15.7. The van der Waals surface area contributed by atoms with Crippen LogP contribution in [0.25, 0.3) is 6.08 Å². The van der Waals surface area contributed by atoms with E-state index in [0.29, 0.717) is 17.0 Å². The summed E-state index contributed by atoms with van der Waals surface area (Å²) in [5.41, 5.74) is 1.17. The molecular weight excluding hydrogens is 420 g/mol. The van der Waals surface area contributed by atoms with Gasteiger partial charge in [0, 0.05) is 11.3 Å². The number of para-hydroxylation sites is 2. The zero-order valence-corrected chi connectivity index (χ0v) is 17.7. The molecule has 0 bridgehead atoms. The van der Waals surface area contributed by atoms with E-state index in [0.717, 1.165) is 16.7 Å². The number of amides is 3. The third kappa shape index (κ3) is 5.32. The average molecular weight is 440 g/mol. The highest BCUT2D eigenvalue weighted by molar-refractivity contribution is 8.18. The number of benzene rings is 2. The number of hydrogen-bond donors (Lipinski definition) is 1. The summed E-state index contributed by atoms with van der Waals surface area (Å²) in [5.74, 6) is -1.24. The van der Waals surface area contributed by atoms with E-state index in [1.54, 1.807) is 48.5 Å². The molecule has 2 aromatic rings. The van der Waals surface area contributed by atoms with Gasteiger partial charge < -0.3 is 14.8 Å². The first-order chi connectivity index (χ1) is 14.9. The van der Waals surface area contributed by atoms with E-state index in [1.165, 1.54) is 20.1 Å². The van der Waals surface area contributed by atoms with E-state index in [-0.39, 0.29) is 17.4 Å². The number of nitrogens with one attached hydrogen (secondary N) is 1. The molecule has 1 aliphatic rings. The number of carbonyl (C=O) groups is 4. The van der Waals surface area contributed by atoms with Crippen molar-refractivity contribution in [3.63, 3.8) is 0 Å². The first-order valence-corrected chi connectivity index (χ1v) is 10.1. The molecule has 2 aromatic carbocycles. The van der Waals surface area contributed by atoms with Gasteiger partial charge >= 0.3 is 5.97 Å². The number of carbonyl (C=O) groups excluding carboxylic acids is 4. The monoisotopic (exact) mass is 440 g/mol. The lowest BCUT2D eigenvalue weighted by molar-refractivity contribution is -0.148. The summed E-state index contributed by atoms with van der Waals surface area (Å²) in [6.07, 6.45) is 1.50. The molecule has 1 N–H and O–H groups in total. The fourth-order valence-electron chi connectivity index (χ4n) is 2.82. The summed E-state index contributed by atoms with van der Waals surface area (Å²) >= 11 is 0.724. The van der Waals surface area contributed by atoms with E-state index in [2.05, 4.69) is 10.1 Å². The fraction of sp³-hybridized carbons (Fsp3) is 0.182. The van der Waals surface area contributed by atoms with Crippen molar-refractivity contribution in [1.29, 1.82) is 0 Å². The fourth-order valence-corrected chi connectivity index (χ4v) is 3.72. The van der Waals surface area contributed by atoms with E-state index >= 15 is 0 Å². The molecule has 0 saturated carbocycles. The van der Waals surface area contributed by atoms with Crippen molar-refractivity contribution < 1.29 is 28.7 Å². The molecule has 1 saturated heterocycles. The lowest BCUT2D eigenvalue weighted by atomic mass is 10.1. The Hall–Kier alpha value is -3.59. The van der Waals surface area contributed by atoms with Gasteiger partial charge in [-0.3, -0.25) is 19.3 Å². The van der Waals surface area contributed by atoms with Gasteiger partial charge in [-0.05, 0) is 43.0 Å². The van der Waals surface area contributed by atoms with Crippen LogP contribution in [0.4, 0.5) is 10.5 Å². The number of hydrogen-bond acceptors (Lipinski definition) is 7. The van der Waals surface area contributed by atoms with Gasteiger partial charge in [-0.1, -0.05) is 36.4 Å². The molecule has 1 heterocycles. The minimum atomic E-state index is -1.03. The van der Waals surface area contributed by atoms with Crippen LogP contribution < -0.4 is 10.1 Å². The van der Waals surface area contributed by atoms with Crippen LogP contribution in [0.3, 0.4) is 0 Å². The van der Waals surface area contributed by atoms with Gasteiger partial charge in [-0.25, -0.2) is 4.79 Å². The molecule has 3 amide bonds. The predicted octanol–water partition coefficient (Wildman–Crippen LogP) is 3.30. The maximum absolute atomic E-state index is 12.7. The minimum Gasteiger partial charge on any atom is -0.483 e. The lowest BCUT2D eigenvalue weighted by Crippen LogP contribution is -2.42. The van der Waals surface area contributed by atoms with Crippen molar-refractivity contribution in [3.8, 4) is 5.75 Å². The van der Waals surface area contributed by atoms with Crippen molar-refractivity contribution in [2.45, 2.75) is 13.0 Å². The Labute approximate surface area is 183 Å². The summed E-state index contributed by atoms with van der Waals surface area (Å²) in [7, 11) is 1.19. The van der Waals surface area contributed by atoms with Gasteiger partial charge in [0.05, 0.1) is 12.0 Å². The summed E-state index contributed by atoms with van der Waals surface area (Å²) in [6.45, 7) is 1.19. The molecule has 8 nitrogen and oxygen atoms in total. The van der Waals surface area contributed by atoms with Crippen LogP contribution in [-0.2, 0) is 19.1 Å². The number of thioether (sulfide) groups is 1. The topological polar surface area (TPSA) is 102 Å². The van der Waals surface area contributed by atoms with Crippen molar-refractivity contribution in [1.82, 2.24) is 4.90 Å². The van der Waals surface area contributed by atoms with Crippen LogP contribution in [0.5, 0.6) is 5.75 Å². The molecule has 0 spiro atoms. The maximum Gasteiger partial charge on any atom is 0.328 e. The highest BCUT2D eigenvalue weighted by Gasteiger charge is 2.41. The molecule has 1 aliphatic heterocycles. The Kier molecular flexibility index (Phi) is 7.09. The number of rotatable bonds is 7. The number of nitrogens with zero attached hydrogens (tertiary/aromatic N) is 1. The number of imide groups is 1. The highest BCUT2D eigenvalue weighted by Crippen LogP contribution is 2.35. The second-order valence-electron chi connectivity index (χ2n) is 6.49. The molecule has 3 rings (SSSR count). The zero-order valence-electron chi connectivity index (χ0n) is 16.9. The smallest absolute Gasteiger partial charge is 0.328 e. The van der Waals surface area contributed by atoms with Crippen LogP contribution in [-0.4, -0.2) is 47.7 Å². The second kappa shape index (κ2) is 9.94. The Balaban J connectivity index is 1.72. The number of methoxy groups -OCH3 is 1. The van der Waals surface area contributed by atoms with Gasteiger partial charge in [0.2, 0.25) is 0 Å². The van der Waals surface area contributed by atoms with Crippen LogP contribution in [0.2, 0.25) is 0 Å². The molecule has 1 atom stereocenters. The van der Waals surface area contributed by atoms with Crippen molar-refractivity contribution >= 4 is 46.5 Å². The van der Waals surface area contributed by atoms with Gasteiger partial charge in [-0.15, -0.1) is 0 Å². The van der Waals surface area contributed by atoms with Gasteiger partial charge in [-0.2, -0.15) is 0 Å². The maximum atomic E-state index is 12.7. The molecule has 0 unspecified atom stereocenters. The quantitative estimate of drug-likeness (QED) is 0.521. The van der Waals surface area contributed by atoms with Crippen molar-refractivity contribution in [3.05, 3.63) is 65.1 Å². The largest absolute Gasteiger partial charge is 0.483 e. The first kappa shape index (κ1) is 22.1. The first-order valence-electron chi connectivity index (χ1n) is 9.32. The Morgan fingerprint density at radius 1 is 1.10 bits per heavy atom. The zero-order chi connectivity index (χ0) is 22.4.